The molecule has 4 rings (SSSR count). The second-order valence-corrected chi connectivity index (χ2v) is 9.12. The first-order chi connectivity index (χ1) is 18.1. The van der Waals surface area contributed by atoms with Gasteiger partial charge < -0.3 is 10.6 Å². The number of hydrogen-bond donors (Lipinski definition) is 2. The third kappa shape index (κ3) is 6.76. The standard InChI is InChI=1S/C26H21F4N5O2S/c1-16-5-2-9-20(11-16)32-23(36)15-38-25-34-33-22(14-31-24(37)17-6-3-8-19(27)12-17)35(25)21-10-4-7-18(13-21)26(28,29)30/h2-13H,14-15H2,1H3,(H,31,37)(H,32,36). The molecule has 0 spiro atoms. The molecule has 0 saturated carbocycles. The molecule has 0 aliphatic heterocycles. The molecule has 1 aromatic heterocycles. The SMILES string of the molecule is Cc1cccc(NC(=O)CSc2nnc(CNC(=O)c3cccc(F)c3)n2-c2cccc(C(F)(F)F)c2)c1. The maximum absolute atomic E-state index is 13.5. The second-order valence-electron chi connectivity index (χ2n) is 8.18. The Labute approximate surface area is 219 Å². The summed E-state index contributed by atoms with van der Waals surface area (Å²) >= 11 is 0.974. The highest BCUT2D eigenvalue weighted by Crippen LogP contribution is 2.31. The maximum atomic E-state index is 13.5. The molecule has 0 radical (unpaired) electrons. The van der Waals surface area contributed by atoms with Crippen molar-refractivity contribution in [2.45, 2.75) is 24.8 Å². The van der Waals surface area contributed by atoms with Gasteiger partial charge in [-0.2, -0.15) is 13.2 Å². The van der Waals surface area contributed by atoms with Crippen molar-refractivity contribution in [3.05, 3.63) is 101 Å². The summed E-state index contributed by atoms with van der Waals surface area (Å²) in [5, 5.41) is 13.6. The number of amides is 2. The average molecular weight is 544 g/mol. The van der Waals surface area contributed by atoms with E-state index in [0.29, 0.717) is 5.69 Å². The molecule has 0 fully saturated rings. The van der Waals surface area contributed by atoms with E-state index in [4.69, 9.17) is 0 Å². The zero-order valence-electron chi connectivity index (χ0n) is 19.9. The van der Waals surface area contributed by atoms with Crippen LogP contribution in [0, 0.1) is 12.7 Å². The number of aromatic nitrogens is 3. The van der Waals surface area contributed by atoms with Gasteiger partial charge in [-0.25, -0.2) is 4.39 Å². The van der Waals surface area contributed by atoms with Gasteiger partial charge in [-0.15, -0.1) is 10.2 Å². The highest BCUT2D eigenvalue weighted by atomic mass is 32.2. The highest BCUT2D eigenvalue weighted by molar-refractivity contribution is 7.99. The van der Waals surface area contributed by atoms with Crippen molar-refractivity contribution in [1.29, 1.82) is 0 Å². The maximum Gasteiger partial charge on any atom is 0.416 e. The minimum atomic E-state index is -4.59. The molecule has 0 atom stereocenters. The van der Waals surface area contributed by atoms with E-state index < -0.39 is 23.5 Å². The van der Waals surface area contributed by atoms with Crippen LogP contribution in [-0.2, 0) is 17.5 Å². The van der Waals surface area contributed by atoms with Gasteiger partial charge in [-0.3, -0.25) is 14.2 Å². The summed E-state index contributed by atoms with van der Waals surface area (Å²) < 4.78 is 55.0. The van der Waals surface area contributed by atoms with Crippen LogP contribution in [0.5, 0.6) is 0 Å². The van der Waals surface area contributed by atoms with Gasteiger partial charge in [0, 0.05) is 11.3 Å². The number of carbonyl (C=O) groups excluding carboxylic acids is 2. The fourth-order valence-electron chi connectivity index (χ4n) is 3.53. The third-order valence-corrected chi connectivity index (χ3v) is 6.19. The fraction of sp³-hybridized carbons (Fsp3) is 0.154. The van der Waals surface area contributed by atoms with Gasteiger partial charge in [0.1, 0.15) is 5.82 Å². The lowest BCUT2D eigenvalue weighted by atomic mass is 10.2. The van der Waals surface area contributed by atoms with Crippen LogP contribution < -0.4 is 10.6 Å². The topological polar surface area (TPSA) is 88.9 Å². The van der Waals surface area contributed by atoms with Crippen molar-refractivity contribution < 1.29 is 27.2 Å². The fourth-order valence-corrected chi connectivity index (χ4v) is 4.30. The third-order valence-electron chi connectivity index (χ3n) is 5.26. The van der Waals surface area contributed by atoms with Crippen LogP contribution in [0.2, 0.25) is 0 Å². The number of nitrogens with one attached hydrogen (secondary N) is 2. The molecule has 196 valence electrons. The number of rotatable bonds is 8. The van der Waals surface area contributed by atoms with E-state index >= 15 is 0 Å². The van der Waals surface area contributed by atoms with Crippen LogP contribution in [0.25, 0.3) is 5.69 Å². The summed E-state index contributed by atoms with van der Waals surface area (Å²) in [4.78, 5) is 25.0. The smallest absolute Gasteiger partial charge is 0.345 e. The lowest BCUT2D eigenvalue weighted by Gasteiger charge is -2.13. The molecular formula is C26H21F4N5O2S. The van der Waals surface area contributed by atoms with E-state index in [2.05, 4.69) is 20.8 Å². The van der Waals surface area contributed by atoms with Crippen LogP contribution >= 0.6 is 11.8 Å². The van der Waals surface area contributed by atoms with E-state index in [1.807, 2.05) is 13.0 Å². The lowest BCUT2D eigenvalue weighted by molar-refractivity contribution is -0.137. The Balaban J connectivity index is 1.57. The summed E-state index contributed by atoms with van der Waals surface area (Å²) in [5.74, 6) is -1.52. The normalized spacial score (nSPS) is 11.3. The Morgan fingerprint density at radius 3 is 2.47 bits per heavy atom. The number of hydrogen-bond acceptors (Lipinski definition) is 5. The van der Waals surface area contributed by atoms with Crippen molar-refractivity contribution in [3.63, 3.8) is 0 Å². The van der Waals surface area contributed by atoms with Crippen LogP contribution in [0.3, 0.4) is 0 Å². The molecule has 0 saturated heterocycles. The molecule has 2 amide bonds. The molecule has 12 heteroatoms. The van der Waals surface area contributed by atoms with Gasteiger partial charge in [0.25, 0.3) is 5.91 Å². The predicted molar refractivity (Wildman–Crippen MR) is 134 cm³/mol. The van der Waals surface area contributed by atoms with Crippen LogP contribution in [0.1, 0.15) is 27.3 Å². The van der Waals surface area contributed by atoms with Gasteiger partial charge in [-0.1, -0.05) is 36.0 Å². The molecule has 0 unspecified atom stereocenters. The minimum absolute atomic E-state index is 0.0672. The van der Waals surface area contributed by atoms with Gasteiger partial charge in [0.15, 0.2) is 11.0 Å². The largest absolute Gasteiger partial charge is 0.416 e. The van der Waals surface area contributed by atoms with Crippen molar-refractivity contribution in [3.8, 4) is 5.69 Å². The van der Waals surface area contributed by atoms with Crippen molar-refractivity contribution >= 4 is 29.3 Å². The number of nitrogens with zero attached hydrogens (tertiary/aromatic N) is 3. The highest BCUT2D eigenvalue weighted by Gasteiger charge is 2.31. The first kappa shape index (κ1) is 26.9. The van der Waals surface area contributed by atoms with Crippen molar-refractivity contribution in [2.75, 3.05) is 11.1 Å². The Kier molecular flexibility index (Phi) is 8.10. The Morgan fingerprint density at radius 1 is 0.974 bits per heavy atom. The predicted octanol–water partition coefficient (Wildman–Crippen LogP) is 5.39. The number of thioether (sulfide) groups is 1. The van der Waals surface area contributed by atoms with E-state index in [1.54, 1.807) is 18.2 Å². The number of anilines is 1. The van der Waals surface area contributed by atoms with Gasteiger partial charge in [0.05, 0.1) is 23.5 Å². The van der Waals surface area contributed by atoms with E-state index in [-0.39, 0.29) is 40.4 Å². The summed E-state index contributed by atoms with van der Waals surface area (Å²) in [6.07, 6.45) is -4.59. The number of benzene rings is 3. The Bertz CT molecular complexity index is 1470. The first-order valence-corrected chi connectivity index (χ1v) is 12.2. The molecule has 0 aliphatic rings. The molecule has 4 aromatic rings. The zero-order chi connectivity index (χ0) is 27.3. The number of alkyl halides is 3. The monoisotopic (exact) mass is 543 g/mol. The quantitative estimate of drug-likeness (QED) is 0.230. The van der Waals surface area contributed by atoms with Gasteiger partial charge >= 0.3 is 6.18 Å². The molecular weight excluding hydrogens is 522 g/mol. The summed E-state index contributed by atoms with van der Waals surface area (Å²) in [6.45, 7) is 1.67. The number of halogens is 4. The molecule has 2 N–H and O–H groups in total. The molecule has 1 heterocycles. The van der Waals surface area contributed by atoms with E-state index in [9.17, 15) is 27.2 Å². The minimum Gasteiger partial charge on any atom is -0.345 e. The molecule has 3 aromatic carbocycles. The van der Waals surface area contributed by atoms with Crippen LogP contribution in [0.4, 0.5) is 23.2 Å². The van der Waals surface area contributed by atoms with E-state index in [0.717, 1.165) is 35.5 Å². The second kappa shape index (κ2) is 11.5. The average Bonchev–Trinajstić information content (AvgIpc) is 3.28. The zero-order valence-corrected chi connectivity index (χ0v) is 20.7. The summed E-state index contributed by atoms with van der Waals surface area (Å²) in [5.41, 5.74) is 0.853. The summed E-state index contributed by atoms with van der Waals surface area (Å²) in [6, 6.07) is 16.8. The molecule has 0 aliphatic carbocycles. The molecule has 7 nitrogen and oxygen atoms in total. The van der Waals surface area contributed by atoms with E-state index in [1.165, 1.54) is 34.9 Å². The lowest BCUT2D eigenvalue weighted by Crippen LogP contribution is -2.25. The van der Waals surface area contributed by atoms with Crippen LogP contribution in [-0.4, -0.2) is 32.3 Å². The molecule has 38 heavy (non-hydrogen) atoms. The van der Waals surface area contributed by atoms with Crippen molar-refractivity contribution in [1.82, 2.24) is 20.1 Å². The van der Waals surface area contributed by atoms with Gasteiger partial charge in [-0.05, 0) is 61.0 Å². The van der Waals surface area contributed by atoms with Gasteiger partial charge in [0.2, 0.25) is 5.91 Å². The number of aryl methyl sites for hydroxylation is 1. The number of carbonyl (C=O) groups is 2. The summed E-state index contributed by atoms with van der Waals surface area (Å²) in [7, 11) is 0. The first-order valence-electron chi connectivity index (χ1n) is 11.2. The Hall–Kier alpha value is -4.19. The molecule has 0 bridgehead atoms. The van der Waals surface area contributed by atoms with Crippen LogP contribution in [0.15, 0.2) is 78.0 Å². The Morgan fingerprint density at radius 2 is 1.74 bits per heavy atom. The van der Waals surface area contributed by atoms with Crippen molar-refractivity contribution in [2.24, 2.45) is 0 Å².